The second-order valence-electron chi connectivity index (χ2n) is 11.4. The Labute approximate surface area is 243 Å². The summed E-state index contributed by atoms with van der Waals surface area (Å²) in [5, 5.41) is 13.2. The number of nitrogens with one attached hydrogen (secondary N) is 1. The van der Waals surface area contributed by atoms with Crippen LogP contribution in [0.3, 0.4) is 0 Å². The number of halogens is 2. The lowest BCUT2D eigenvalue weighted by atomic mass is 10.1. The second-order valence-corrected chi connectivity index (χ2v) is 12.8. The summed E-state index contributed by atoms with van der Waals surface area (Å²) >= 11 is 7.85. The fourth-order valence-corrected chi connectivity index (χ4v) is 5.61. The molecule has 1 amide bonds. The number of ether oxygens (including phenoxy) is 3. The van der Waals surface area contributed by atoms with Crippen LogP contribution in [0.15, 0.2) is 30.5 Å². The van der Waals surface area contributed by atoms with Crippen LogP contribution in [-0.2, 0) is 9.47 Å². The van der Waals surface area contributed by atoms with Crippen molar-refractivity contribution in [1.29, 1.82) is 0 Å². The summed E-state index contributed by atoms with van der Waals surface area (Å²) in [6, 6.07) is 6.14. The van der Waals surface area contributed by atoms with Crippen molar-refractivity contribution in [2.75, 3.05) is 11.9 Å². The van der Waals surface area contributed by atoms with E-state index in [-0.39, 0.29) is 29.5 Å². The first kappa shape index (κ1) is 30.0. The fraction of sp³-hybridized carbons (Fsp3) is 0.500. The Morgan fingerprint density at radius 2 is 1.95 bits per heavy atom. The Bertz CT molecular complexity index is 1380. The highest BCUT2D eigenvalue weighted by molar-refractivity contribution is 7.18. The third-order valence-electron chi connectivity index (χ3n) is 6.05. The Kier molecular flexibility index (Phi) is 8.58. The van der Waals surface area contributed by atoms with Crippen molar-refractivity contribution in [2.45, 2.75) is 84.9 Å². The maximum Gasteiger partial charge on any atom is 0.413 e. The quantitative estimate of drug-likeness (QED) is 0.313. The molecule has 2 aromatic heterocycles. The highest BCUT2D eigenvalue weighted by Crippen LogP contribution is 2.38. The molecule has 0 bridgehead atoms. The topological polar surface area (TPSA) is 98.7 Å². The van der Waals surface area contributed by atoms with E-state index < -0.39 is 29.3 Å². The summed E-state index contributed by atoms with van der Waals surface area (Å²) in [7, 11) is 0. The third-order valence-corrected chi connectivity index (χ3v) is 7.37. The van der Waals surface area contributed by atoms with Crippen LogP contribution in [-0.4, -0.2) is 62.3 Å². The van der Waals surface area contributed by atoms with Gasteiger partial charge >= 0.3 is 6.09 Å². The van der Waals surface area contributed by atoms with Gasteiger partial charge in [0.25, 0.3) is 0 Å². The first-order chi connectivity index (χ1) is 18.6. The average molecular weight is 592 g/mol. The number of nitrogens with zero attached hydrogens (tertiary/aromatic N) is 4. The molecular weight excluding hydrogens is 557 g/mol. The van der Waals surface area contributed by atoms with Gasteiger partial charge in [-0.15, -0.1) is 10.2 Å². The zero-order valence-corrected chi connectivity index (χ0v) is 25.5. The van der Waals surface area contributed by atoms with Crippen LogP contribution in [0, 0.1) is 5.82 Å². The van der Waals surface area contributed by atoms with Crippen molar-refractivity contribution >= 4 is 34.8 Å². The van der Waals surface area contributed by atoms with E-state index in [9.17, 15) is 4.79 Å². The molecule has 0 aliphatic carbocycles. The zero-order valence-electron chi connectivity index (χ0n) is 23.9. The molecular formula is C28H35ClFN5O4S. The first-order valence-corrected chi connectivity index (χ1v) is 14.2. The van der Waals surface area contributed by atoms with E-state index in [0.29, 0.717) is 15.6 Å². The fourth-order valence-electron chi connectivity index (χ4n) is 4.44. The molecule has 1 aliphatic heterocycles. The SMILES string of the molecule is CC(C)Nc1cc(-c2nnc(-c3cc(F)c(OCC4C(C)OC(C)(C)N4C(=O)OC(C)(C)C)cc3Cl)s2)ccn1. The number of anilines is 1. The molecule has 2 unspecified atom stereocenters. The molecule has 216 valence electrons. The lowest BCUT2D eigenvalue weighted by molar-refractivity contribution is -0.0760. The molecule has 3 heterocycles. The highest BCUT2D eigenvalue weighted by Gasteiger charge is 2.50. The lowest BCUT2D eigenvalue weighted by Gasteiger charge is -2.35. The zero-order chi connectivity index (χ0) is 29.4. The van der Waals surface area contributed by atoms with E-state index in [0.717, 1.165) is 11.4 Å². The van der Waals surface area contributed by atoms with Gasteiger partial charge in [-0.25, -0.2) is 14.2 Å². The average Bonchev–Trinajstić information content (AvgIpc) is 3.39. The van der Waals surface area contributed by atoms with Crippen LogP contribution in [0.4, 0.5) is 15.0 Å². The number of carbonyl (C=O) groups excluding carboxylic acids is 1. The van der Waals surface area contributed by atoms with Crippen molar-refractivity contribution in [3.05, 3.63) is 41.3 Å². The predicted molar refractivity (Wildman–Crippen MR) is 154 cm³/mol. The molecule has 12 heteroatoms. The molecule has 0 spiro atoms. The second kappa shape index (κ2) is 11.5. The van der Waals surface area contributed by atoms with Gasteiger partial charge in [0, 0.05) is 29.4 Å². The molecule has 0 radical (unpaired) electrons. The van der Waals surface area contributed by atoms with Crippen LogP contribution >= 0.6 is 22.9 Å². The standard InChI is InChI=1S/C28H35ClFN5O4S/c1-15(2)32-23-11-17(9-10-31-23)24-33-34-25(40-24)18-12-20(30)22(13-19(18)29)37-14-21-16(3)38-28(7,8)35(21)26(36)39-27(4,5)6/h9-13,15-16,21H,14H2,1-8H3,(H,31,32). The largest absolute Gasteiger partial charge is 0.488 e. The molecule has 9 nitrogen and oxygen atoms in total. The van der Waals surface area contributed by atoms with Gasteiger partial charge < -0.3 is 19.5 Å². The number of hydrogen-bond acceptors (Lipinski definition) is 9. The maximum atomic E-state index is 15.2. The van der Waals surface area contributed by atoms with Crippen molar-refractivity contribution in [1.82, 2.24) is 20.1 Å². The number of aromatic nitrogens is 3. The van der Waals surface area contributed by atoms with Gasteiger partial charge in [0.2, 0.25) is 0 Å². The summed E-state index contributed by atoms with van der Waals surface area (Å²) in [5.74, 6) is 0.0710. The molecule has 40 heavy (non-hydrogen) atoms. The maximum absolute atomic E-state index is 15.2. The van der Waals surface area contributed by atoms with E-state index in [1.54, 1.807) is 40.8 Å². The minimum absolute atomic E-state index is 0.0197. The van der Waals surface area contributed by atoms with Gasteiger partial charge in [0.15, 0.2) is 11.6 Å². The van der Waals surface area contributed by atoms with Gasteiger partial charge in [0.05, 0.1) is 17.2 Å². The normalized spacial score (nSPS) is 18.7. The lowest BCUT2D eigenvalue weighted by Crippen LogP contribution is -2.52. The summed E-state index contributed by atoms with van der Waals surface area (Å²) in [6.45, 7) is 14.8. The Hall–Kier alpha value is -3.02. The Balaban J connectivity index is 1.52. The smallest absolute Gasteiger partial charge is 0.413 e. The van der Waals surface area contributed by atoms with Gasteiger partial charge in [-0.3, -0.25) is 4.90 Å². The van der Waals surface area contributed by atoms with Gasteiger partial charge in [-0.2, -0.15) is 0 Å². The third kappa shape index (κ3) is 6.82. The van der Waals surface area contributed by atoms with E-state index in [2.05, 4.69) is 20.5 Å². The molecule has 1 aliphatic rings. The summed E-state index contributed by atoms with van der Waals surface area (Å²) in [4.78, 5) is 18.8. The highest BCUT2D eigenvalue weighted by atomic mass is 35.5. The predicted octanol–water partition coefficient (Wildman–Crippen LogP) is 7.02. The van der Waals surface area contributed by atoms with Crippen LogP contribution in [0.2, 0.25) is 5.02 Å². The number of hydrogen-bond donors (Lipinski definition) is 1. The van der Waals surface area contributed by atoms with E-state index in [1.165, 1.54) is 28.4 Å². The first-order valence-electron chi connectivity index (χ1n) is 13.0. The van der Waals surface area contributed by atoms with Gasteiger partial charge in [-0.1, -0.05) is 22.9 Å². The molecule has 3 aromatic rings. The summed E-state index contributed by atoms with van der Waals surface area (Å²) < 4.78 is 32.7. The molecule has 1 fully saturated rings. The molecule has 1 saturated heterocycles. The monoisotopic (exact) mass is 591 g/mol. The summed E-state index contributed by atoms with van der Waals surface area (Å²) in [5.41, 5.74) is -0.372. The van der Waals surface area contributed by atoms with Crippen molar-refractivity contribution in [2.24, 2.45) is 0 Å². The van der Waals surface area contributed by atoms with Gasteiger partial charge in [-0.05, 0) is 73.6 Å². The van der Waals surface area contributed by atoms with E-state index >= 15 is 4.39 Å². The molecule has 1 N–H and O–H groups in total. The van der Waals surface area contributed by atoms with Crippen molar-refractivity contribution < 1.29 is 23.4 Å². The Morgan fingerprint density at radius 3 is 2.62 bits per heavy atom. The minimum atomic E-state index is -0.925. The number of carbonyl (C=O) groups is 1. The van der Waals surface area contributed by atoms with Crippen LogP contribution in [0.1, 0.15) is 55.4 Å². The molecule has 4 rings (SSSR count). The number of pyridine rings is 1. The van der Waals surface area contributed by atoms with Crippen molar-refractivity contribution in [3.8, 4) is 26.9 Å². The van der Waals surface area contributed by atoms with E-state index in [4.69, 9.17) is 25.8 Å². The van der Waals surface area contributed by atoms with Crippen LogP contribution in [0.25, 0.3) is 21.1 Å². The van der Waals surface area contributed by atoms with E-state index in [1.807, 2.05) is 32.9 Å². The van der Waals surface area contributed by atoms with Crippen LogP contribution in [0.5, 0.6) is 5.75 Å². The van der Waals surface area contributed by atoms with Crippen LogP contribution < -0.4 is 10.1 Å². The van der Waals surface area contributed by atoms with Crippen molar-refractivity contribution in [3.63, 3.8) is 0 Å². The summed E-state index contributed by atoms with van der Waals surface area (Å²) in [6.07, 6.45) is 0.795. The molecule has 0 saturated carbocycles. The minimum Gasteiger partial charge on any atom is -0.488 e. The Morgan fingerprint density at radius 1 is 1.25 bits per heavy atom. The molecule has 2 atom stereocenters. The number of benzene rings is 1. The molecule has 1 aromatic carbocycles. The number of amides is 1. The van der Waals surface area contributed by atoms with Gasteiger partial charge in [0.1, 0.15) is 33.8 Å². The number of rotatable bonds is 7.